The number of nitriles is 1. The molecule has 0 fully saturated rings. The summed E-state index contributed by atoms with van der Waals surface area (Å²) in [6.07, 6.45) is 1.48. The Morgan fingerprint density at radius 1 is 1.05 bits per heavy atom. The number of hydrogen-bond acceptors (Lipinski definition) is 9. The molecule has 9 heteroatoms. The highest BCUT2D eigenvalue weighted by molar-refractivity contribution is 7.18. The molecule has 1 N–H and O–H groups in total. The molecule has 2 heterocycles. The molecule has 0 aliphatic rings. The Morgan fingerprint density at radius 3 is 2.38 bits per heavy atom. The van der Waals surface area contributed by atoms with Gasteiger partial charge in [-0.2, -0.15) is 5.26 Å². The molecule has 0 aliphatic heterocycles. The maximum atomic E-state index is 12.6. The number of hydrogen-bond donors (Lipinski definition) is 1. The highest BCUT2D eigenvalue weighted by Crippen LogP contribution is 2.35. The first kappa shape index (κ1) is 25.8. The van der Waals surface area contributed by atoms with Gasteiger partial charge in [-0.05, 0) is 30.5 Å². The monoisotopic (exact) mass is 529 g/mol. The normalized spacial score (nSPS) is 11.0. The molecule has 2 aromatic carbocycles. The van der Waals surface area contributed by atoms with Crippen molar-refractivity contribution >= 4 is 45.2 Å². The van der Waals surface area contributed by atoms with E-state index in [4.69, 9.17) is 9.47 Å². The molecule has 37 heavy (non-hydrogen) atoms. The highest BCUT2D eigenvalue weighted by Gasteiger charge is 2.26. The zero-order valence-electron chi connectivity index (χ0n) is 20.4. The minimum atomic E-state index is -0.559. The van der Waals surface area contributed by atoms with Crippen LogP contribution in [0, 0.1) is 18.3 Å². The Hall–Kier alpha value is -4.26. The van der Waals surface area contributed by atoms with Crippen LogP contribution in [-0.2, 0) is 9.47 Å². The fourth-order valence-corrected chi connectivity index (χ4v) is 5.50. The summed E-state index contributed by atoms with van der Waals surface area (Å²) in [4.78, 5) is 29.7. The van der Waals surface area contributed by atoms with Crippen LogP contribution < -0.4 is 5.32 Å². The number of thiophene rings is 1. The zero-order valence-corrected chi connectivity index (χ0v) is 22.0. The number of nitrogens with zero attached hydrogens (tertiary/aromatic N) is 2. The van der Waals surface area contributed by atoms with Gasteiger partial charge in [-0.1, -0.05) is 54.6 Å². The second-order valence-electron chi connectivity index (χ2n) is 7.77. The van der Waals surface area contributed by atoms with E-state index in [0.717, 1.165) is 33.7 Å². The van der Waals surface area contributed by atoms with E-state index >= 15 is 0 Å². The third kappa shape index (κ3) is 5.61. The van der Waals surface area contributed by atoms with Crippen LogP contribution in [0.5, 0.6) is 0 Å². The van der Waals surface area contributed by atoms with Gasteiger partial charge in [-0.25, -0.2) is 14.6 Å². The Labute approximate surface area is 222 Å². The molecule has 0 amide bonds. The van der Waals surface area contributed by atoms with Crippen molar-refractivity contribution in [2.45, 2.75) is 13.8 Å². The molecule has 0 spiro atoms. The molecule has 4 rings (SSSR count). The molecule has 186 valence electrons. The van der Waals surface area contributed by atoms with Gasteiger partial charge >= 0.3 is 11.9 Å². The summed E-state index contributed by atoms with van der Waals surface area (Å²) in [5, 5.41) is 15.6. The van der Waals surface area contributed by atoms with Gasteiger partial charge in [-0.15, -0.1) is 22.7 Å². The van der Waals surface area contributed by atoms with Crippen LogP contribution in [0.25, 0.3) is 28.0 Å². The van der Waals surface area contributed by atoms with E-state index < -0.39 is 11.9 Å². The van der Waals surface area contributed by atoms with Gasteiger partial charge in [0.05, 0.1) is 25.0 Å². The number of anilines is 1. The summed E-state index contributed by atoms with van der Waals surface area (Å²) < 4.78 is 10.00. The Morgan fingerprint density at radius 2 is 1.73 bits per heavy atom. The SMILES string of the molecule is CCOC(=O)c1c(N/C=C(/C#N)c2nc(-c3ccc(-c4ccccc4)cc3)cs2)sc(C(=O)OC)c1C. The van der Waals surface area contributed by atoms with Crippen LogP contribution in [-0.4, -0.2) is 30.6 Å². The Kier molecular flexibility index (Phi) is 8.13. The van der Waals surface area contributed by atoms with E-state index in [1.165, 1.54) is 24.6 Å². The van der Waals surface area contributed by atoms with Crippen molar-refractivity contribution in [3.8, 4) is 28.5 Å². The molecule has 4 aromatic rings. The topological polar surface area (TPSA) is 101 Å². The van der Waals surface area contributed by atoms with E-state index in [9.17, 15) is 14.9 Å². The second-order valence-corrected chi connectivity index (χ2v) is 9.65. The van der Waals surface area contributed by atoms with E-state index in [0.29, 0.717) is 15.6 Å². The van der Waals surface area contributed by atoms with Crippen molar-refractivity contribution in [1.82, 2.24) is 4.98 Å². The number of aromatic nitrogens is 1. The minimum Gasteiger partial charge on any atom is -0.465 e. The van der Waals surface area contributed by atoms with Crippen LogP contribution in [0.3, 0.4) is 0 Å². The van der Waals surface area contributed by atoms with Gasteiger partial charge in [0, 0.05) is 17.1 Å². The van der Waals surface area contributed by atoms with Crippen molar-refractivity contribution in [1.29, 1.82) is 5.26 Å². The third-order valence-corrected chi connectivity index (χ3v) is 7.57. The first-order valence-corrected chi connectivity index (χ1v) is 13.0. The molecule has 0 atom stereocenters. The molecular weight excluding hydrogens is 506 g/mol. The number of carbonyl (C=O) groups is 2. The van der Waals surface area contributed by atoms with Crippen LogP contribution in [0.15, 0.2) is 66.2 Å². The first-order valence-electron chi connectivity index (χ1n) is 11.3. The fourth-order valence-electron chi connectivity index (χ4n) is 3.63. The van der Waals surface area contributed by atoms with Crippen molar-refractivity contribution in [2.24, 2.45) is 0 Å². The summed E-state index contributed by atoms with van der Waals surface area (Å²) in [5.41, 5.74) is 4.92. The number of ether oxygens (including phenoxy) is 2. The molecular formula is C28H23N3O4S2. The maximum absolute atomic E-state index is 12.6. The maximum Gasteiger partial charge on any atom is 0.348 e. The predicted molar refractivity (Wildman–Crippen MR) is 147 cm³/mol. The third-order valence-electron chi connectivity index (χ3n) is 5.49. The number of nitrogens with one attached hydrogen (secondary N) is 1. The lowest BCUT2D eigenvalue weighted by Gasteiger charge is -2.05. The molecule has 0 bridgehead atoms. The Balaban J connectivity index is 1.59. The summed E-state index contributed by atoms with van der Waals surface area (Å²) in [6, 6.07) is 20.4. The van der Waals surface area contributed by atoms with Crippen molar-refractivity contribution in [3.63, 3.8) is 0 Å². The number of allylic oxidation sites excluding steroid dienone is 1. The lowest BCUT2D eigenvalue weighted by molar-refractivity contribution is 0.0527. The number of benzene rings is 2. The van der Waals surface area contributed by atoms with Crippen molar-refractivity contribution in [2.75, 3.05) is 19.0 Å². The van der Waals surface area contributed by atoms with Gasteiger partial charge in [0.15, 0.2) is 0 Å². The van der Waals surface area contributed by atoms with Gasteiger partial charge < -0.3 is 14.8 Å². The van der Waals surface area contributed by atoms with Crippen LogP contribution in [0.2, 0.25) is 0 Å². The number of esters is 2. The van der Waals surface area contributed by atoms with Crippen molar-refractivity contribution < 1.29 is 19.1 Å². The average Bonchev–Trinajstić information content (AvgIpc) is 3.54. The van der Waals surface area contributed by atoms with E-state index in [1.807, 2.05) is 47.8 Å². The predicted octanol–water partition coefficient (Wildman–Crippen LogP) is 6.79. The first-order chi connectivity index (χ1) is 18.0. The van der Waals surface area contributed by atoms with E-state index in [2.05, 4.69) is 28.5 Å². The van der Waals surface area contributed by atoms with Crippen LogP contribution in [0.4, 0.5) is 5.00 Å². The quantitative estimate of drug-likeness (QED) is 0.198. The standard InChI is InChI=1S/C28H23N3O4S2/c1-4-35-27(32)23-17(2)24(28(33)34-3)37-26(23)30-15-21(14-29)25-31-22(16-36-25)20-12-10-19(11-13-20)18-8-6-5-7-9-18/h5-13,15-16,30H,4H2,1-3H3/b21-15-. The highest BCUT2D eigenvalue weighted by atomic mass is 32.1. The summed E-state index contributed by atoms with van der Waals surface area (Å²) in [5.74, 6) is -1.11. The summed E-state index contributed by atoms with van der Waals surface area (Å²) in [6.45, 7) is 3.55. The van der Waals surface area contributed by atoms with E-state index in [-0.39, 0.29) is 22.6 Å². The van der Waals surface area contributed by atoms with Crippen molar-refractivity contribution in [3.05, 3.63) is 87.2 Å². The smallest absolute Gasteiger partial charge is 0.348 e. The lowest BCUT2D eigenvalue weighted by atomic mass is 10.0. The molecule has 0 saturated heterocycles. The average molecular weight is 530 g/mol. The molecule has 0 aliphatic carbocycles. The molecule has 0 saturated carbocycles. The number of carbonyl (C=O) groups excluding carboxylic acids is 2. The summed E-state index contributed by atoms with van der Waals surface area (Å²) >= 11 is 2.41. The van der Waals surface area contributed by atoms with Crippen LogP contribution in [0.1, 0.15) is 37.5 Å². The molecule has 7 nitrogen and oxygen atoms in total. The number of rotatable bonds is 8. The fraction of sp³-hybridized carbons (Fsp3) is 0.143. The van der Waals surface area contributed by atoms with Gasteiger partial charge in [-0.3, -0.25) is 0 Å². The van der Waals surface area contributed by atoms with Gasteiger partial charge in [0.25, 0.3) is 0 Å². The van der Waals surface area contributed by atoms with Gasteiger partial charge in [0.2, 0.25) is 0 Å². The molecule has 0 radical (unpaired) electrons. The molecule has 2 aromatic heterocycles. The Bertz CT molecular complexity index is 1500. The van der Waals surface area contributed by atoms with E-state index in [1.54, 1.807) is 13.8 Å². The molecule has 0 unspecified atom stereocenters. The number of methoxy groups -OCH3 is 1. The lowest BCUT2D eigenvalue weighted by Crippen LogP contribution is -2.08. The second kappa shape index (κ2) is 11.6. The zero-order chi connectivity index (χ0) is 26.4. The summed E-state index contributed by atoms with van der Waals surface area (Å²) in [7, 11) is 1.28. The minimum absolute atomic E-state index is 0.189. The van der Waals surface area contributed by atoms with Gasteiger partial charge in [0.1, 0.15) is 26.5 Å². The largest absolute Gasteiger partial charge is 0.465 e. The van der Waals surface area contributed by atoms with Crippen LogP contribution >= 0.6 is 22.7 Å². The number of thiazole rings is 1.